The number of rotatable bonds is 5. The van der Waals surface area contributed by atoms with Crippen LogP contribution in [0.15, 0.2) is 12.1 Å². The lowest BCUT2D eigenvalue weighted by Crippen LogP contribution is -2.12. The van der Waals surface area contributed by atoms with Crippen molar-refractivity contribution in [3.8, 4) is 11.1 Å². The van der Waals surface area contributed by atoms with Gasteiger partial charge in [0.05, 0.1) is 26.4 Å². The van der Waals surface area contributed by atoms with Crippen LogP contribution in [0.5, 0.6) is 0 Å². The highest BCUT2D eigenvalue weighted by molar-refractivity contribution is 5.76. The van der Waals surface area contributed by atoms with Crippen molar-refractivity contribution >= 4 is 0 Å². The average molecular weight is 551 g/mol. The first-order valence-electron chi connectivity index (χ1n) is 16.5. The molecule has 6 rings (SSSR count). The van der Waals surface area contributed by atoms with Crippen LogP contribution in [0.3, 0.4) is 0 Å². The number of aliphatic hydroxyl groups excluding tert-OH is 4. The number of benzene rings is 2. The van der Waals surface area contributed by atoms with Gasteiger partial charge < -0.3 is 20.4 Å². The van der Waals surface area contributed by atoms with Gasteiger partial charge in [-0.2, -0.15) is 0 Å². The van der Waals surface area contributed by atoms with Crippen LogP contribution in [0.1, 0.15) is 147 Å². The van der Waals surface area contributed by atoms with E-state index in [1.807, 2.05) is 0 Å². The Morgan fingerprint density at radius 2 is 0.625 bits per heavy atom. The molecule has 4 heteroatoms. The number of fused-ring (bicyclic) bond motifs is 23. The lowest BCUT2D eigenvalue weighted by atomic mass is 9.79. The smallest absolute Gasteiger partial charge is 0.0688 e. The van der Waals surface area contributed by atoms with Crippen molar-refractivity contribution in [1.82, 2.24) is 0 Å². The summed E-state index contributed by atoms with van der Waals surface area (Å²) in [6.45, 7) is -0.199. The lowest BCUT2D eigenvalue weighted by Gasteiger charge is -2.26. The fourth-order valence-electron chi connectivity index (χ4n) is 7.40. The highest BCUT2D eigenvalue weighted by Crippen LogP contribution is 2.40. The minimum atomic E-state index is -0.0597. The van der Waals surface area contributed by atoms with Gasteiger partial charge >= 0.3 is 0 Å². The van der Waals surface area contributed by atoms with E-state index >= 15 is 0 Å². The molecule has 0 saturated heterocycles. The highest BCUT2D eigenvalue weighted by Gasteiger charge is 2.24. The quantitative estimate of drug-likeness (QED) is 0.307. The van der Waals surface area contributed by atoms with E-state index in [0.717, 1.165) is 73.6 Å². The molecule has 0 saturated carbocycles. The second-order valence-electron chi connectivity index (χ2n) is 12.3. The van der Waals surface area contributed by atoms with Crippen LogP contribution in [-0.4, -0.2) is 20.4 Å². The lowest BCUT2D eigenvalue weighted by molar-refractivity contribution is 0.257. The van der Waals surface area contributed by atoms with Crippen molar-refractivity contribution in [2.24, 2.45) is 0 Å². The normalized spacial score (nSPS) is 18.4. The van der Waals surface area contributed by atoms with Gasteiger partial charge in [-0.3, -0.25) is 0 Å². The van der Waals surface area contributed by atoms with Crippen LogP contribution in [0, 0.1) is 0 Å². The zero-order chi connectivity index (χ0) is 28.2. The van der Waals surface area contributed by atoms with E-state index in [1.165, 1.54) is 110 Å². The summed E-state index contributed by atoms with van der Waals surface area (Å²) in [6, 6.07) is 4.66. The molecule has 0 unspecified atom stereocenters. The van der Waals surface area contributed by atoms with E-state index in [9.17, 15) is 20.4 Å². The summed E-state index contributed by atoms with van der Waals surface area (Å²) in [5.74, 6) is 0. The molecule has 4 aliphatic rings. The maximum atomic E-state index is 10.7. The van der Waals surface area contributed by atoms with Gasteiger partial charge in [0.25, 0.3) is 0 Å². The van der Waals surface area contributed by atoms with Gasteiger partial charge in [0.2, 0.25) is 0 Å². The number of hydrogen-bond donors (Lipinski definition) is 4. The Labute approximate surface area is 242 Å². The van der Waals surface area contributed by atoms with Crippen LogP contribution in [-0.2, 0) is 52.1 Å². The molecule has 0 radical (unpaired) electrons. The third kappa shape index (κ3) is 7.76. The standard InChI is InChI=1S/C36H54O4/c37-23-33-27-17-13-9-5-1-3-7-11-15-19-29(35(33)25-39)31(21-27)32-22-28-18-14-10-6-2-4-8-12-16-20-30(32)36(26-40)34(28)24-38/h21-22,37-40H,1-20,23-26H2. The van der Waals surface area contributed by atoms with Crippen LogP contribution < -0.4 is 0 Å². The molecule has 0 amide bonds. The third-order valence-corrected chi connectivity index (χ3v) is 9.69. The Bertz CT molecular complexity index is 988. The summed E-state index contributed by atoms with van der Waals surface area (Å²) in [5.41, 5.74) is 10.8. The Morgan fingerprint density at radius 3 is 0.925 bits per heavy atom. The van der Waals surface area contributed by atoms with Crippen molar-refractivity contribution in [2.45, 2.75) is 155 Å². The Balaban J connectivity index is 1.94. The molecule has 0 fully saturated rings. The summed E-state index contributed by atoms with van der Waals surface area (Å²) in [5, 5.41) is 42.4. The van der Waals surface area contributed by atoms with Gasteiger partial charge in [0.15, 0.2) is 0 Å². The molecule has 0 spiro atoms. The zero-order valence-corrected chi connectivity index (χ0v) is 24.9. The first-order chi connectivity index (χ1) is 19.7. The maximum absolute atomic E-state index is 10.7. The van der Waals surface area contributed by atoms with E-state index in [-0.39, 0.29) is 26.4 Å². The molecule has 2 aromatic carbocycles. The summed E-state index contributed by atoms with van der Waals surface area (Å²) in [6.07, 6.45) is 23.0. The van der Waals surface area contributed by atoms with E-state index in [0.29, 0.717) is 0 Å². The number of aryl methyl sites for hydroxylation is 2. The Kier molecular flexibility index (Phi) is 13.0. The summed E-state index contributed by atoms with van der Waals surface area (Å²) < 4.78 is 0. The van der Waals surface area contributed by atoms with Crippen molar-refractivity contribution < 1.29 is 20.4 Å². The predicted octanol–water partition coefficient (Wildman–Crippen LogP) is 7.76. The first kappa shape index (κ1) is 31.2. The van der Waals surface area contributed by atoms with Gasteiger partial charge in [0, 0.05) is 0 Å². The monoisotopic (exact) mass is 550 g/mol. The van der Waals surface area contributed by atoms with Gasteiger partial charge in [-0.25, -0.2) is 0 Å². The number of hydrogen-bond acceptors (Lipinski definition) is 4. The predicted molar refractivity (Wildman–Crippen MR) is 164 cm³/mol. The van der Waals surface area contributed by atoms with E-state index in [4.69, 9.17) is 0 Å². The Hall–Kier alpha value is -1.72. The molecule has 0 aliphatic heterocycles. The molecular weight excluding hydrogens is 496 g/mol. The molecule has 0 atom stereocenters. The van der Waals surface area contributed by atoms with Crippen LogP contribution in [0.4, 0.5) is 0 Å². The molecule has 4 N–H and O–H groups in total. The summed E-state index contributed by atoms with van der Waals surface area (Å²) in [7, 11) is 0. The van der Waals surface area contributed by atoms with E-state index < -0.39 is 0 Å². The topological polar surface area (TPSA) is 80.9 Å². The van der Waals surface area contributed by atoms with E-state index in [2.05, 4.69) is 12.1 Å². The minimum Gasteiger partial charge on any atom is -0.392 e. The maximum Gasteiger partial charge on any atom is 0.0688 e. The SMILES string of the molecule is OCc1c2cc(-c3cc4c(CO)c(CO)c3CCCCCCCCCC4)c(c1CO)CCCCCCCCCC2. The second-order valence-corrected chi connectivity index (χ2v) is 12.3. The zero-order valence-electron chi connectivity index (χ0n) is 24.9. The highest BCUT2D eigenvalue weighted by atomic mass is 16.3. The average Bonchev–Trinajstić information content (AvgIpc) is 2.98. The van der Waals surface area contributed by atoms with Gasteiger partial charge in [0.1, 0.15) is 0 Å². The van der Waals surface area contributed by atoms with Gasteiger partial charge in [-0.15, -0.1) is 0 Å². The van der Waals surface area contributed by atoms with Crippen molar-refractivity contribution in [3.05, 3.63) is 56.6 Å². The van der Waals surface area contributed by atoms with Gasteiger partial charge in [-0.05, 0) is 107 Å². The van der Waals surface area contributed by atoms with Gasteiger partial charge in [-0.1, -0.05) is 89.2 Å². The second kappa shape index (κ2) is 16.7. The third-order valence-electron chi connectivity index (χ3n) is 9.69. The van der Waals surface area contributed by atoms with E-state index in [1.54, 1.807) is 0 Å². The van der Waals surface area contributed by atoms with Crippen LogP contribution >= 0.6 is 0 Å². The largest absolute Gasteiger partial charge is 0.392 e. The fourth-order valence-corrected chi connectivity index (χ4v) is 7.40. The minimum absolute atomic E-state index is 0.0397. The van der Waals surface area contributed by atoms with Crippen molar-refractivity contribution in [3.63, 3.8) is 0 Å². The summed E-state index contributed by atoms with van der Waals surface area (Å²) >= 11 is 0. The van der Waals surface area contributed by atoms with Crippen LogP contribution in [0.2, 0.25) is 0 Å². The molecule has 4 aliphatic carbocycles. The molecule has 2 aromatic rings. The Morgan fingerprint density at radius 1 is 0.350 bits per heavy atom. The number of aliphatic hydroxyl groups is 4. The fraction of sp³-hybridized carbons (Fsp3) is 0.667. The molecule has 222 valence electrons. The first-order valence-corrected chi connectivity index (χ1v) is 16.5. The molecule has 4 nitrogen and oxygen atoms in total. The molecule has 4 bridgehead atoms. The molecule has 0 aromatic heterocycles. The van der Waals surface area contributed by atoms with Crippen LogP contribution in [0.25, 0.3) is 11.1 Å². The summed E-state index contributed by atoms with van der Waals surface area (Å²) in [4.78, 5) is 0. The molecule has 0 heterocycles. The van der Waals surface area contributed by atoms with Crippen molar-refractivity contribution in [1.29, 1.82) is 0 Å². The molecule has 40 heavy (non-hydrogen) atoms. The molecular formula is C36H54O4. The van der Waals surface area contributed by atoms with Crippen molar-refractivity contribution in [2.75, 3.05) is 0 Å².